The minimum absolute atomic E-state index is 0.117. The van der Waals surface area contributed by atoms with E-state index in [4.69, 9.17) is 0 Å². The Morgan fingerprint density at radius 2 is 2.15 bits per heavy atom. The summed E-state index contributed by atoms with van der Waals surface area (Å²) in [6, 6.07) is 10.7. The highest BCUT2D eigenvalue weighted by molar-refractivity contribution is 7.10. The first-order valence-corrected chi connectivity index (χ1v) is 9.34. The van der Waals surface area contributed by atoms with Crippen molar-refractivity contribution in [2.24, 2.45) is 0 Å². The lowest BCUT2D eigenvalue weighted by molar-refractivity contribution is -0.116. The third-order valence-corrected chi connectivity index (χ3v) is 6.03. The van der Waals surface area contributed by atoms with Crippen molar-refractivity contribution in [2.75, 3.05) is 5.32 Å². The van der Waals surface area contributed by atoms with E-state index in [1.807, 2.05) is 17.5 Å². The summed E-state index contributed by atoms with van der Waals surface area (Å²) >= 11 is 1.69. The van der Waals surface area contributed by atoms with Gasteiger partial charge in [0.1, 0.15) is 18.1 Å². The molecule has 0 saturated heterocycles. The van der Waals surface area contributed by atoms with Crippen molar-refractivity contribution in [3.8, 4) is 5.75 Å². The lowest BCUT2D eigenvalue weighted by Gasteiger charge is -2.34. The summed E-state index contributed by atoms with van der Waals surface area (Å²) in [5.41, 5.74) is 2.46. The van der Waals surface area contributed by atoms with Crippen LogP contribution in [0.25, 0.3) is 0 Å². The van der Waals surface area contributed by atoms with E-state index in [9.17, 15) is 9.90 Å². The molecule has 1 aliphatic heterocycles. The van der Waals surface area contributed by atoms with Gasteiger partial charge in [-0.25, -0.2) is 4.68 Å². The van der Waals surface area contributed by atoms with Gasteiger partial charge in [-0.3, -0.25) is 4.79 Å². The maximum atomic E-state index is 13.1. The van der Waals surface area contributed by atoms with Crippen LogP contribution in [0.4, 0.5) is 5.95 Å². The van der Waals surface area contributed by atoms with Crippen LogP contribution in [-0.2, 0) is 4.79 Å². The number of ketones is 1. The van der Waals surface area contributed by atoms with Crippen LogP contribution in [0.15, 0.2) is 59.4 Å². The van der Waals surface area contributed by atoms with E-state index < -0.39 is 0 Å². The first kappa shape index (κ1) is 15.3. The minimum Gasteiger partial charge on any atom is -0.508 e. The summed E-state index contributed by atoms with van der Waals surface area (Å²) in [6.45, 7) is 0. The minimum atomic E-state index is -0.368. The van der Waals surface area contributed by atoms with Crippen LogP contribution in [0.3, 0.4) is 0 Å². The van der Waals surface area contributed by atoms with E-state index >= 15 is 0 Å². The molecule has 2 atom stereocenters. The fraction of sp³-hybridized carbons (Fsp3) is 0.211. The molecule has 2 aliphatic rings. The molecule has 1 aromatic carbocycles. The number of nitrogens with one attached hydrogen (secondary N) is 1. The third kappa shape index (κ3) is 2.35. The zero-order valence-electron chi connectivity index (χ0n) is 13.8. The predicted octanol–water partition coefficient (Wildman–Crippen LogP) is 3.46. The lowest BCUT2D eigenvalue weighted by atomic mass is 9.80. The number of carbonyl (C=O) groups is 1. The molecule has 0 saturated carbocycles. The van der Waals surface area contributed by atoms with E-state index in [2.05, 4.69) is 21.5 Å². The van der Waals surface area contributed by atoms with Crippen LogP contribution in [0, 0.1) is 0 Å². The molecule has 0 spiro atoms. The van der Waals surface area contributed by atoms with Gasteiger partial charge in [-0.05, 0) is 35.6 Å². The number of allylic oxidation sites excluding steroid dienone is 2. The molecule has 5 rings (SSSR count). The molecule has 2 aromatic heterocycles. The van der Waals surface area contributed by atoms with Gasteiger partial charge in [0.2, 0.25) is 5.95 Å². The van der Waals surface area contributed by atoms with Gasteiger partial charge in [-0.2, -0.15) is 10.1 Å². The van der Waals surface area contributed by atoms with E-state index in [0.717, 1.165) is 23.3 Å². The molecule has 3 aromatic rings. The summed E-state index contributed by atoms with van der Waals surface area (Å²) in [6.07, 6.45) is 2.74. The second-order valence-corrected chi connectivity index (χ2v) is 7.57. The normalized spacial score (nSPS) is 21.9. The van der Waals surface area contributed by atoms with Gasteiger partial charge < -0.3 is 10.4 Å². The van der Waals surface area contributed by atoms with Gasteiger partial charge >= 0.3 is 0 Å². The van der Waals surface area contributed by atoms with Crippen LogP contribution in [-0.4, -0.2) is 25.7 Å². The molecule has 0 fully saturated rings. The Balaban J connectivity index is 1.63. The van der Waals surface area contributed by atoms with Crippen molar-refractivity contribution in [1.29, 1.82) is 0 Å². The van der Waals surface area contributed by atoms with Crippen molar-refractivity contribution < 1.29 is 9.90 Å². The molecule has 26 heavy (non-hydrogen) atoms. The number of hydrogen-bond donors (Lipinski definition) is 2. The molecule has 0 radical (unpaired) electrons. The molecule has 7 heteroatoms. The van der Waals surface area contributed by atoms with E-state index in [0.29, 0.717) is 12.4 Å². The Labute approximate surface area is 153 Å². The predicted molar refractivity (Wildman–Crippen MR) is 98.2 cm³/mol. The lowest BCUT2D eigenvalue weighted by Crippen LogP contribution is -2.33. The van der Waals surface area contributed by atoms with Crippen molar-refractivity contribution in [3.05, 3.63) is 69.8 Å². The zero-order valence-corrected chi connectivity index (χ0v) is 14.6. The molecule has 0 unspecified atom stereocenters. The van der Waals surface area contributed by atoms with E-state index in [1.165, 1.54) is 11.2 Å². The number of carbonyl (C=O) groups excluding carboxylic acids is 1. The Kier molecular flexibility index (Phi) is 3.43. The Hall–Kier alpha value is -2.93. The topological polar surface area (TPSA) is 80.0 Å². The number of benzene rings is 1. The highest BCUT2D eigenvalue weighted by Gasteiger charge is 2.39. The average molecular weight is 364 g/mol. The van der Waals surface area contributed by atoms with Crippen molar-refractivity contribution in [2.45, 2.75) is 24.8 Å². The van der Waals surface area contributed by atoms with Gasteiger partial charge in [0.05, 0.1) is 0 Å². The monoisotopic (exact) mass is 364 g/mol. The second kappa shape index (κ2) is 5.81. The largest absolute Gasteiger partial charge is 0.508 e. The van der Waals surface area contributed by atoms with Gasteiger partial charge in [0, 0.05) is 28.5 Å². The van der Waals surface area contributed by atoms with Crippen LogP contribution in [0.2, 0.25) is 0 Å². The maximum absolute atomic E-state index is 13.1. The zero-order chi connectivity index (χ0) is 17.7. The quantitative estimate of drug-likeness (QED) is 0.728. The fourth-order valence-corrected chi connectivity index (χ4v) is 4.71. The number of rotatable bonds is 2. The number of hydrogen-bond acceptors (Lipinski definition) is 6. The smallest absolute Gasteiger partial charge is 0.226 e. The highest BCUT2D eigenvalue weighted by atomic mass is 32.1. The number of thiophene rings is 1. The standard InChI is InChI=1S/C19H16N4O2S/c24-13-4-1-3-11(7-13)18-17-14(22-19-20-10-21-23(18)19)8-12(9-15(17)25)16-5-2-6-26-16/h1-7,10,12,18,24H,8-9H2,(H,20,21,22)/t12-,18+/m1/s1. The molecule has 3 heterocycles. The molecule has 0 bridgehead atoms. The molecule has 1 aliphatic carbocycles. The van der Waals surface area contributed by atoms with E-state index in [1.54, 1.807) is 34.2 Å². The van der Waals surface area contributed by atoms with Crippen LogP contribution < -0.4 is 5.32 Å². The molecule has 2 N–H and O–H groups in total. The van der Waals surface area contributed by atoms with Gasteiger partial charge in [-0.15, -0.1) is 11.3 Å². The summed E-state index contributed by atoms with van der Waals surface area (Å²) < 4.78 is 1.72. The number of phenolic OH excluding ortho intramolecular Hbond substituents is 1. The second-order valence-electron chi connectivity index (χ2n) is 6.59. The summed E-state index contributed by atoms with van der Waals surface area (Å²) in [5.74, 6) is 1.10. The van der Waals surface area contributed by atoms with Gasteiger partial charge in [-0.1, -0.05) is 18.2 Å². The Morgan fingerprint density at radius 3 is 2.96 bits per heavy atom. The number of aromatic hydroxyl groups is 1. The molecular formula is C19H16N4O2S. The summed E-state index contributed by atoms with van der Waals surface area (Å²) in [5, 5.41) is 19.6. The molecule has 0 amide bonds. The van der Waals surface area contributed by atoms with Gasteiger partial charge in [0.25, 0.3) is 0 Å². The van der Waals surface area contributed by atoms with Crippen LogP contribution >= 0.6 is 11.3 Å². The first-order chi connectivity index (χ1) is 12.7. The maximum Gasteiger partial charge on any atom is 0.226 e. The first-order valence-electron chi connectivity index (χ1n) is 8.46. The Bertz CT molecular complexity index is 1020. The summed E-state index contributed by atoms with van der Waals surface area (Å²) in [4.78, 5) is 18.6. The number of aromatic nitrogens is 3. The highest BCUT2D eigenvalue weighted by Crippen LogP contribution is 2.44. The van der Waals surface area contributed by atoms with Crippen molar-refractivity contribution in [3.63, 3.8) is 0 Å². The van der Waals surface area contributed by atoms with Crippen molar-refractivity contribution >= 4 is 23.1 Å². The molecule has 130 valence electrons. The third-order valence-electron chi connectivity index (χ3n) is 4.99. The number of Topliss-reactive ketones (excluding diaryl/α,β-unsaturated/α-hetero) is 1. The number of fused-ring (bicyclic) bond motifs is 1. The molecular weight excluding hydrogens is 348 g/mol. The fourth-order valence-electron chi connectivity index (χ4n) is 3.88. The number of anilines is 1. The number of nitrogens with zero attached hydrogens (tertiary/aromatic N) is 3. The van der Waals surface area contributed by atoms with Crippen LogP contribution in [0.5, 0.6) is 5.75 Å². The summed E-state index contributed by atoms with van der Waals surface area (Å²) in [7, 11) is 0. The SMILES string of the molecule is O=C1C[C@H](c2cccs2)CC2=C1[C@H](c1cccc(O)c1)n1ncnc1N2. The van der Waals surface area contributed by atoms with Crippen molar-refractivity contribution in [1.82, 2.24) is 14.8 Å². The van der Waals surface area contributed by atoms with E-state index in [-0.39, 0.29) is 23.5 Å². The Morgan fingerprint density at radius 1 is 1.23 bits per heavy atom. The van der Waals surface area contributed by atoms with Gasteiger partial charge in [0.15, 0.2) is 5.78 Å². The van der Waals surface area contributed by atoms with Crippen LogP contribution in [0.1, 0.15) is 35.2 Å². The average Bonchev–Trinajstić information content (AvgIpc) is 3.31. The number of phenols is 1. The molecule has 6 nitrogen and oxygen atoms in total.